The maximum Gasteiger partial charge on any atom is 0.0469 e. The minimum Gasteiger partial charge on any atom is -0.381 e. The Balaban J connectivity index is 2.05. The fourth-order valence-corrected chi connectivity index (χ4v) is 2.94. The summed E-state index contributed by atoms with van der Waals surface area (Å²) in [6.45, 7) is 8.89. The smallest absolute Gasteiger partial charge is 0.0469 e. The van der Waals surface area contributed by atoms with Gasteiger partial charge in [0.15, 0.2) is 0 Å². The summed E-state index contributed by atoms with van der Waals surface area (Å²) in [7, 11) is 0. The zero-order valence-corrected chi connectivity index (χ0v) is 12.7. The largest absolute Gasteiger partial charge is 0.381 e. The summed E-state index contributed by atoms with van der Waals surface area (Å²) in [6.07, 6.45) is 10.7. The fourth-order valence-electron chi connectivity index (χ4n) is 2.94. The quantitative estimate of drug-likeness (QED) is 0.625. The van der Waals surface area contributed by atoms with Gasteiger partial charge in [0, 0.05) is 25.3 Å². The molecule has 2 nitrogen and oxygen atoms in total. The van der Waals surface area contributed by atoms with Crippen LogP contribution in [-0.4, -0.2) is 25.3 Å². The molecule has 0 aromatic heterocycles. The van der Waals surface area contributed by atoms with Crippen molar-refractivity contribution in [1.29, 1.82) is 0 Å². The molecular weight excluding hydrogens is 222 g/mol. The Labute approximate surface area is 114 Å². The highest BCUT2D eigenvalue weighted by Crippen LogP contribution is 2.19. The molecule has 0 saturated carbocycles. The molecule has 0 bridgehead atoms. The minimum absolute atomic E-state index is 0.652. The summed E-state index contributed by atoms with van der Waals surface area (Å²) < 4.78 is 5.43. The molecule has 2 heteroatoms. The van der Waals surface area contributed by atoms with Crippen LogP contribution in [0.4, 0.5) is 0 Å². The van der Waals surface area contributed by atoms with Crippen LogP contribution in [0.25, 0.3) is 0 Å². The van der Waals surface area contributed by atoms with Crippen LogP contribution in [0.3, 0.4) is 0 Å². The summed E-state index contributed by atoms with van der Waals surface area (Å²) in [5, 5.41) is 3.78. The number of nitrogens with one attached hydrogen (secondary N) is 1. The standard InChI is InChI=1S/C16H33NO/c1-4-5-6-7-8-9-14(2)17-15(3)16-10-12-18-13-11-16/h14-17H,4-13H2,1-3H3. The van der Waals surface area contributed by atoms with Gasteiger partial charge in [-0.1, -0.05) is 39.0 Å². The molecule has 1 heterocycles. The molecule has 0 radical (unpaired) electrons. The van der Waals surface area contributed by atoms with E-state index in [0.29, 0.717) is 12.1 Å². The number of hydrogen-bond donors (Lipinski definition) is 1. The molecule has 0 amide bonds. The third-order valence-electron chi connectivity index (χ3n) is 4.26. The maximum atomic E-state index is 5.43. The van der Waals surface area contributed by atoms with E-state index in [0.717, 1.165) is 19.1 Å². The predicted molar refractivity (Wildman–Crippen MR) is 79.0 cm³/mol. The Morgan fingerprint density at radius 1 is 1.06 bits per heavy atom. The van der Waals surface area contributed by atoms with Gasteiger partial charge in [-0.15, -0.1) is 0 Å². The molecule has 1 saturated heterocycles. The first-order chi connectivity index (χ1) is 8.74. The number of ether oxygens (including phenoxy) is 1. The highest BCUT2D eigenvalue weighted by atomic mass is 16.5. The lowest BCUT2D eigenvalue weighted by molar-refractivity contribution is 0.0545. The Morgan fingerprint density at radius 2 is 1.72 bits per heavy atom. The van der Waals surface area contributed by atoms with Crippen molar-refractivity contribution in [3.8, 4) is 0 Å². The van der Waals surface area contributed by atoms with Crippen molar-refractivity contribution in [3.05, 3.63) is 0 Å². The maximum absolute atomic E-state index is 5.43. The summed E-state index contributed by atoms with van der Waals surface area (Å²) in [5.74, 6) is 0.821. The molecule has 2 unspecified atom stereocenters. The molecule has 1 aliphatic heterocycles. The zero-order valence-electron chi connectivity index (χ0n) is 12.7. The van der Waals surface area contributed by atoms with Crippen molar-refractivity contribution in [2.24, 2.45) is 5.92 Å². The normalized spacial score (nSPS) is 20.8. The molecule has 18 heavy (non-hydrogen) atoms. The molecule has 1 rings (SSSR count). The fraction of sp³-hybridized carbons (Fsp3) is 1.00. The second-order valence-corrected chi connectivity index (χ2v) is 6.01. The Hall–Kier alpha value is -0.0800. The molecule has 1 N–H and O–H groups in total. The van der Waals surface area contributed by atoms with Crippen LogP contribution in [-0.2, 0) is 4.74 Å². The van der Waals surface area contributed by atoms with Crippen molar-refractivity contribution in [2.75, 3.05) is 13.2 Å². The third-order valence-corrected chi connectivity index (χ3v) is 4.26. The Kier molecular flexibility index (Phi) is 8.70. The number of rotatable bonds is 9. The van der Waals surface area contributed by atoms with Crippen LogP contribution < -0.4 is 5.32 Å². The summed E-state index contributed by atoms with van der Waals surface area (Å²) in [4.78, 5) is 0. The molecule has 0 spiro atoms. The Bertz CT molecular complexity index is 190. The van der Waals surface area contributed by atoms with Gasteiger partial charge in [-0.25, -0.2) is 0 Å². The van der Waals surface area contributed by atoms with Crippen LogP contribution in [0.1, 0.15) is 72.1 Å². The molecule has 1 fully saturated rings. The second kappa shape index (κ2) is 9.80. The first-order valence-electron chi connectivity index (χ1n) is 8.07. The SMILES string of the molecule is CCCCCCCC(C)NC(C)C1CCOCC1. The van der Waals surface area contributed by atoms with E-state index in [9.17, 15) is 0 Å². The van der Waals surface area contributed by atoms with Crippen molar-refractivity contribution in [2.45, 2.75) is 84.2 Å². The van der Waals surface area contributed by atoms with Crippen molar-refractivity contribution in [3.63, 3.8) is 0 Å². The number of unbranched alkanes of at least 4 members (excludes halogenated alkanes) is 4. The van der Waals surface area contributed by atoms with E-state index in [2.05, 4.69) is 26.1 Å². The lowest BCUT2D eigenvalue weighted by Gasteiger charge is -2.30. The van der Waals surface area contributed by atoms with Crippen LogP contribution in [0, 0.1) is 5.92 Å². The van der Waals surface area contributed by atoms with E-state index in [1.165, 1.54) is 51.4 Å². The molecule has 0 aromatic carbocycles. The lowest BCUT2D eigenvalue weighted by Crippen LogP contribution is -2.41. The average Bonchev–Trinajstić information content (AvgIpc) is 2.39. The van der Waals surface area contributed by atoms with E-state index < -0.39 is 0 Å². The first kappa shape index (κ1) is 16.0. The molecular formula is C16H33NO. The predicted octanol–water partition coefficient (Wildman–Crippen LogP) is 4.14. The monoisotopic (exact) mass is 255 g/mol. The zero-order chi connectivity index (χ0) is 13.2. The summed E-state index contributed by atoms with van der Waals surface area (Å²) >= 11 is 0. The van der Waals surface area contributed by atoms with E-state index in [1.807, 2.05) is 0 Å². The molecule has 1 aliphatic rings. The van der Waals surface area contributed by atoms with Gasteiger partial charge in [-0.3, -0.25) is 0 Å². The van der Waals surface area contributed by atoms with Crippen LogP contribution in [0.15, 0.2) is 0 Å². The van der Waals surface area contributed by atoms with E-state index in [4.69, 9.17) is 4.74 Å². The van der Waals surface area contributed by atoms with Crippen LogP contribution in [0.5, 0.6) is 0 Å². The van der Waals surface area contributed by atoms with Gasteiger partial charge < -0.3 is 10.1 Å². The minimum atomic E-state index is 0.652. The third kappa shape index (κ3) is 6.75. The van der Waals surface area contributed by atoms with Crippen molar-refractivity contribution < 1.29 is 4.74 Å². The molecule has 108 valence electrons. The summed E-state index contributed by atoms with van der Waals surface area (Å²) in [6, 6.07) is 1.32. The first-order valence-corrected chi connectivity index (χ1v) is 8.07. The molecule has 0 aromatic rings. The van der Waals surface area contributed by atoms with Gasteiger partial charge in [-0.05, 0) is 39.0 Å². The van der Waals surface area contributed by atoms with Gasteiger partial charge in [0.25, 0.3) is 0 Å². The number of hydrogen-bond acceptors (Lipinski definition) is 2. The molecule has 0 aliphatic carbocycles. The lowest BCUT2D eigenvalue weighted by atomic mass is 9.92. The van der Waals surface area contributed by atoms with Crippen LogP contribution in [0.2, 0.25) is 0 Å². The van der Waals surface area contributed by atoms with Gasteiger partial charge in [0.1, 0.15) is 0 Å². The highest BCUT2D eigenvalue weighted by Gasteiger charge is 2.21. The topological polar surface area (TPSA) is 21.3 Å². The van der Waals surface area contributed by atoms with Gasteiger partial charge in [0.05, 0.1) is 0 Å². The highest BCUT2D eigenvalue weighted by molar-refractivity contribution is 4.77. The van der Waals surface area contributed by atoms with E-state index in [-0.39, 0.29) is 0 Å². The Morgan fingerprint density at radius 3 is 2.39 bits per heavy atom. The molecule has 2 atom stereocenters. The second-order valence-electron chi connectivity index (χ2n) is 6.01. The average molecular weight is 255 g/mol. The van der Waals surface area contributed by atoms with E-state index in [1.54, 1.807) is 0 Å². The van der Waals surface area contributed by atoms with Crippen molar-refractivity contribution in [1.82, 2.24) is 5.32 Å². The van der Waals surface area contributed by atoms with Gasteiger partial charge in [0.2, 0.25) is 0 Å². The van der Waals surface area contributed by atoms with Gasteiger partial charge in [-0.2, -0.15) is 0 Å². The summed E-state index contributed by atoms with van der Waals surface area (Å²) in [5.41, 5.74) is 0. The van der Waals surface area contributed by atoms with Crippen molar-refractivity contribution >= 4 is 0 Å². The van der Waals surface area contributed by atoms with Crippen LogP contribution >= 0.6 is 0 Å². The van der Waals surface area contributed by atoms with E-state index >= 15 is 0 Å². The van der Waals surface area contributed by atoms with Gasteiger partial charge >= 0.3 is 0 Å².